The molecule has 0 fully saturated rings. The van der Waals surface area contributed by atoms with Crippen LogP contribution in [0.2, 0.25) is 5.02 Å². The molecular formula is C19H19ClN4O2S2. The molecule has 0 saturated carbocycles. The summed E-state index contributed by atoms with van der Waals surface area (Å²) in [6.07, 6.45) is 0. The molecule has 146 valence electrons. The average Bonchev–Trinajstić information content (AvgIpc) is 3.02. The van der Waals surface area contributed by atoms with E-state index in [1.54, 1.807) is 17.8 Å². The SMILES string of the molecule is Cc1ccc(SCc2nnc(SCC(=O)Nc3cc(Cl)ccc3O)n2C)cc1. The molecule has 0 spiro atoms. The third-order valence-corrected chi connectivity index (χ3v) is 6.14. The second-order valence-electron chi connectivity index (χ2n) is 6.06. The number of carbonyl (C=O) groups excluding carboxylic acids is 1. The molecule has 3 aromatic rings. The van der Waals surface area contributed by atoms with E-state index in [0.717, 1.165) is 5.82 Å². The zero-order valence-corrected chi connectivity index (χ0v) is 17.7. The molecule has 2 aromatic carbocycles. The number of aromatic hydroxyl groups is 1. The van der Waals surface area contributed by atoms with Crippen LogP contribution >= 0.6 is 35.1 Å². The van der Waals surface area contributed by atoms with Crippen molar-refractivity contribution in [2.24, 2.45) is 7.05 Å². The molecule has 0 radical (unpaired) electrons. The lowest BCUT2D eigenvalue weighted by atomic mass is 10.2. The number of hydrogen-bond donors (Lipinski definition) is 2. The van der Waals surface area contributed by atoms with Crippen LogP contribution < -0.4 is 5.32 Å². The van der Waals surface area contributed by atoms with Crippen molar-refractivity contribution in [2.75, 3.05) is 11.1 Å². The van der Waals surface area contributed by atoms with E-state index >= 15 is 0 Å². The molecule has 0 aliphatic carbocycles. The molecule has 6 nitrogen and oxygen atoms in total. The van der Waals surface area contributed by atoms with E-state index in [2.05, 4.69) is 46.7 Å². The molecule has 0 saturated heterocycles. The molecule has 2 N–H and O–H groups in total. The Morgan fingerprint density at radius 1 is 1.18 bits per heavy atom. The van der Waals surface area contributed by atoms with Gasteiger partial charge in [0.2, 0.25) is 5.91 Å². The number of anilines is 1. The topological polar surface area (TPSA) is 80.0 Å². The van der Waals surface area contributed by atoms with Crippen LogP contribution in [0.4, 0.5) is 5.69 Å². The van der Waals surface area contributed by atoms with Crippen LogP contribution in [0, 0.1) is 6.92 Å². The highest BCUT2D eigenvalue weighted by Gasteiger charge is 2.13. The monoisotopic (exact) mass is 434 g/mol. The maximum Gasteiger partial charge on any atom is 0.234 e. The molecule has 0 unspecified atom stereocenters. The minimum absolute atomic E-state index is 0.0307. The fourth-order valence-electron chi connectivity index (χ4n) is 2.30. The number of nitrogens with one attached hydrogen (secondary N) is 1. The first-order valence-electron chi connectivity index (χ1n) is 8.41. The van der Waals surface area contributed by atoms with Crippen molar-refractivity contribution in [1.29, 1.82) is 0 Å². The zero-order valence-electron chi connectivity index (χ0n) is 15.3. The molecule has 0 bridgehead atoms. The predicted molar refractivity (Wildman–Crippen MR) is 114 cm³/mol. The average molecular weight is 435 g/mol. The third kappa shape index (κ3) is 5.43. The van der Waals surface area contributed by atoms with Gasteiger partial charge in [0, 0.05) is 17.0 Å². The highest BCUT2D eigenvalue weighted by atomic mass is 35.5. The van der Waals surface area contributed by atoms with Gasteiger partial charge in [-0.2, -0.15) is 0 Å². The number of benzene rings is 2. The Morgan fingerprint density at radius 3 is 2.68 bits per heavy atom. The summed E-state index contributed by atoms with van der Waals surface area (Å²) in [5.74, 6) is 1.37. The molecule has 0 aliphatic rings. The molecule has 1 aromatic heterocycles. The molecule has 1 heterocycles. The first kappa shape index (κ1) is 20.6. The summed E-state index contributed by atoms with van der Waals surface area (Å²) in [6.45, 7) is 2.06. The van der Waals surface area contributed by atoms with E-state index < -0.39 is 0 Å². The van der Waals surface area contributed by atoms with E-state index in [1.165, 1.54) is 34.4 Å². The van der Waals surface area contributed by atoms with Crippen molar-refractivity contribution < 1.29 is 9.90 Å². The summed E-state index contributed by atoms with van der Waals surface area (Å²) < 4.78 is 1.88. The lowest BCUT2D eigenvalue weighted by Crippen LogP contribution is -2.14. The van der Waals surface area contributed by atoms with Crippen molar-refractivity contribution in [2.45, 2.75) is 22.7 Å². The number of phenols is 1. The third-order valence-electron chi connectivity index (χ3n) is 3.88. The molecule has 0 aliphatic heterocycles. The minimum Gasteiger partial charge on any atom is -0.506 e. The predicted octanol–water partition coefficient (Wildman–Crippen LogP) is 4.51. The van der Waals surface area contributed by atoms with Crippen LogP contribution in [0.15, 0.2) is 52.5 Å². The molecule has 28 heavy (non-hydrogen) atoms. The highest BCUT2D eigenvalue weighted by Crippen LogP contribution is 2.27. The Balaban J connectivity index is 1.54. The number of carbonyl (C=O) groups is 1. The van der Waals surface area contributed by atoms with Gasteiger partial charge in [-0.15, -0.1) is 22.0 Å². The summed E-state index contributed by atoms with van der Waals surface area (Å²) in [6, 6.07) is 12.8. The quantitative estimate of drug-likeness (QED) is 0.420. The number of aryl methyl sites for hydroxylation is 1. The highest BCUT2D eigenvalue weighted by molar-refractivity contribution is 7.99. The van der Waals surface area contributed by atoms with Crippen LogP contribution in [0.5, 0.6) is 5.75 Å². The standard InChI is InChI=1S/C19H19ClN4O2S2/c1-12-3-6-14(7-4-12)27-10-17-22-23-19(24(17)2)28-11-18(26)21-15-9-13(20)5-8-16(15)25/h3-9,25H,10-11H2,1-2H3,(H,21,26). The Kier molecular flexibility index (Phi) is 6.88. The molecule has 9 heteroatoms. The van der Waals surface area contributed by atoms with Gasteiger partial charge in [0.15, 0.2) is 5.16 Å². The van der Waals surface area contributed by atoms with Crippen LogP contribution in [0.1, 0.15) is 11.4 Å². The molecule has 3 rings (SSSR count). The number of amides is 1. The lowest BCUT2D eigenvalue weighted by molar-refractivity contribution is -0.113. The zero-order chi connectivity index (χ0) is 20.1. The van der Waals surface area contributed by atoms with Gasteiger partial charge < -0.3 is 15.0 Å². The van der Waals surface area contributed by atoms with Crippen LogP contribution in [-0.2, 0) is 17.6 Å². The van der Waals surface area contributed by atoms with Crippen molar-refractivity contribution in [3.63, 3.8) is 0 Å². The molecule has 1 amide bonds. The number of halogens is 1. The number of phenolic OH excluding ortho intramolecular Hbond substituents is 1. The van der Waals surface area contributed by atoms with Crippen molar-refractivity contribution in [3.8, 4) is 5.75 Å². The second-order valence-corrected chi connectivity index (χ2v) is 8.49. The Morgan fingerprint density at radius 2 is 1.93 bits per heavy atom. The van der Waals surface area contributed by atoms with E-state index in [9.17, 15) is 9.90 Å². The van der Waals surface area contributed by atoms with Gasteiger partial charge >= 0.3 is 0 Å². The smallest absolute Gasteiger partial charge is 0.234 e. The van der Waals surface area contributed by atoms with E-state index in [-0.39, 0.29) is 23.1 Å². The Hall–Kier alpha value is -2.16. The number of rotatable bonds is 7. The normalized spacial score (nSPS) is 10.8. The summed E-state index contributed by atoms with van der Waals surface area (Å²) >= 11 is 8.86. The number of hydrogen-bond acceptors (Lipinski definition) is 6. The summed E-state index contributed by atoms with van der Waals surface area (Å²) in [5, 5.41) is 21.9. The minimum atomic E-state index is -0.263. The van der Waals surface area contributed by atoms with Crippen LogP contribution in [0.3, 0.4) is 0 Å². The molecular weight excluding hydrogens is 416 g/mol. The first-order chi connectivity index (χ1) is 13.4. The van der Waals surface area contributed by atoms with Gasteiger partial charge in [0.05, 0.1) is 17.2 Å². The largest absolute Gasteiger partial charge is 0.506 e. The maximum atomic E-state index is 12.2. The summed E-state index contributed by atoms with van der Waals surface area (Å²) in [5.41, 5.74) is 1.51. The van der Waals surface area contributed by atoms with Gasteiger partial charge in [-0.1, -0.05) is 41.1 Å². The van der Waals surface area contributed by atoms with Gasteiger partial charge in [0.25, 0.3) is 0 Å². The number of thioether (sulfide) groups is 2. The van der Waals surface area contributed by atoms with Crippen molar-refractivity contribution in [1.82, 2.24) is 14.8 Å². The van der Waals surface area contributed by atoms with E-state index in [0.29, 0.717) is 15.9 Å². The van der Waals surface area contributed by atoms with Crippen LogP contribution in [0.25, 0.3) is 0 Å². The van der Waals surface area contributed by atoms with Gasteiger partial charge in [0.1, 0.15) is 11.6 Å². The van der Waals surface area contributed by atoms with Gasteiger partial charge in [-0.25, -0.2) is 0 Å². The lowest BCUT2D eigenvalue weighted by Gasteiger charge is -2.07. The number of nitrogens with zero attached hydrogens (tertiary/aromatic N) is 3. The van der Waals surface area contributed by atoms with Crippen molar-refractivity contribution in [3.05, 3.63) is 58.9 Å². The number of aromatic nitrogens is 3. The fraction of sp³-hybridized carbons (Fsp3) is 0.211. The Bertz CT molecular complexity index is 977. The first-order valence-corrected chi connectivity index (χ1v) is 10.8. The van der Waals surface area contributed by atoms with Crippen LogP contribution in [-0.4, -0.2) is 31.5 Å². The summed E-state index contributed by atoms with van der Waals surface area (Å²) in [7, 11) is 1.88. The van der Waals surface area contributed by atoms with E-state index in [4.69, 9.17) is 11.6 Å². The van der Waals surface area contributed by atoms with Gasteiger partial charge in [-0.05, 0) is 37.3 Å². The second kappa shape index (κ2) is 9.36. The summed E-state index contributed by atoms with van der Waals surface area (Å²) in [4.78, 5) is 13.3. The van der Waals surface area contributed by atoms with E-state index in [1.807, 2.05) is 11.6 Å². The maximum absolute atomic E-state index is 12.2. The van der Waals surface area contributed by atoms with Crippen molar-refractivity contribution >= 4 is 46.7 Å². The Labute approximate surface area is 176 Å². The fourth-order valence-corrected chi connectivity index (χ4v) is 4.08. The van der Waals surface area contributed by atoms with Gasteiger partial charge in [-0.3, -0.25) is 4.79 Å². The molecule has 0 atom stereocenters.